The summed E-state index contributed by atoms with van der Waals surface area (Å²) < 4.78 is 1.88. The molecule has 20 heavy (non-hydrogen) atoms. The van der Waals surface area contributed by atoms with Gasteiger partial charge < -0.3 is 15.7 Å². The number of guanidine groups is 1. The SMILES string of the molecule is CCNC(=NCCn1cccn1)NC1CCC(O)CC1. The largest absolute Gasteiger partial charge is 0.393 e. The molecule has 1 fully saturated rings. The Labute approximate surface area is 120 Å². The molecule has 0 atom stereocenters. The van der Waals surface area contributed by atoms with Gasteiger partial charge in [-0.05, 0) is 38.7 Å². The lowest BCUT2D eigenvalue weighted by atomic mass is 9.93. The molecule has 112 valence electrons. The minimum Gasteiger partial charge on any atom is -0.393 e. The Morgan fingerprint density at radius 3 is 2.85 bits per heavy atom. The number of nitrogens with zero attached hydrogens (tertiary/aromatic N) is 3. The van der Waals surface area contributed by atoms with Gasteiger partial charge in [-0.2, -0.15) is 5.10 Å². The van der Waals surface area contributed by atoms with Gasteiger partial charge in [0.15, 0.2) is 5.96 Å². The molecule has 1 aliphatic carbocycles. The van der Waals surface area contributed by atoms with E-state index in [0.29, 0.717) is 12.6 Å². The molecular formula is C14H25N5O. The standard InChI is InChI=1S/C14H25N5O/c1-2-15-14(16-9-11-19-10-3-8-17-19)18-12-4-6-13(20)7-5-12/h3,8,10,12-13,20H,2,4-7,9,11H2,1H3,(H2,15,16,18). The number of aliphatic imine (C=N–C) groups is 1. The predicted molar refractivity (Wildman–Crippen MR) is 79.6 cm³/mol. The highest BCUT2D eigenvalue weighted by atomic mass is 16.3. The van der Waals surface area contributed by atoms with Crippen LogP contribution >= 0.6 is 0 Å². The van der Waals surface area contributed by atoms with Gasteiger partial charge >= 0.3 is 0 Å². The summed E-state index contributed by atoms with van der Waals surface area (Å²) in [4.78, 5) is 4.57. The fourth-order valence-corrected chi connectivity index (χ4v) is 2.43. The summed E-state index contributed by atoms with van der Waals surface area (Å²) in [6, 6.07) is 2.33. The first-order valence-corrected chi connectivity index (χ1v) is 7.48. The van der Waals surface area contributed by atoms with E-state index in [9.17, 15) is 5.11 Å². The molecular weight excluding hydrogens is 254 g/mol. The summed E-state index contributed by atoms with van der Waals surface area (Å²) in [6.07, 6.45) is 7.37. The van der Waals surface area contributed by atoms with Gasteiger partial charge in [-0.15, -0.1) is 0 Å². The Bertz CT molecular complexity index is 396. The van der Waals surface area contributed by atoms with Gasteiger partial charge in [0.2, 0.25) is 0 Å². The van der Waals surface area contributed by atoms with E-state index in [1.54, 1.807) is 6.20 Å². The molecule has 2 rings (SSSR count). The van der Waals surface area contributed by atoms with Gasteiger partial charge in [-0.1, -0.05) is 0 Å². The molecule has 1 aromatic heterocycles. The Kier molecular flexibility index (Phi) is 5.86. The van der Waals surface area contributed by atoms with Crippen molar-refractivity contribution in [2.75, 3.05) is 13.1 Å². The van der Waals surface area contributed by atoms with Crippen molar-refractivity contribution in [1.82, 2.24) is 20.4 Å². The van der Waals surface area contributed by atoms with E-state index in [0.717, 1.165) is 44.7 Å². The fraction of sp³-hybridized carbons (Fsp3) is 0.714. The summed E-state index contributed by atoms with van der Waals surface area (Å²) in [5.41, 5.74) is 0. The second-order valence-electron chi connectivity index (χ2n) is 5.18. The Morgan fingerprint density at radius 2 is 2.20 bits per heavy atom. The van der Waals surface area contributed by atoms with Gasteiger partial charge in [-0.3, -0.25) is 9.67 Å². The minimum absolute atomic E-state index is 0.118. The molecule has 6 heteroatoms. The number of hydrogen-bond donors (Lipinski definition) is 3. The number of aliphatic hydroxyl groups is 1. The molecule has 3 N–H and O–H groups in total. The van der Waals surface area contributed by atoms with E-state index in [4.69, 9.17) is 0 Å². The Balaban J connectivity index is 1.79. The molecule has 1 aromatic rings. The zero-order chi connectivity index (χ0) is 14.2. The van der Waals surface area contributed by atoms with Crippen LogP contribution in [0, 0.1) is 0 Å². The number of aliphatic hydroxyl groups excluding tert-OH is 1. The molecule has 0 amide bonds. The third-order valence-electron chi connectivity index (χ3n) is 3.54. The summed E-state index contributed by atoms with van der Waals surface area (Å²) >= 11 is 0. The van der Waals surface area contributed by atoms with Crippen LogP contribution in [-0.4, -0.2) is 46.1 Å². The summed E-state index contributed by atoms with van der Waals surface area (Å²) in [5.74, 6) is 0.862. The lowest BCUT2D eigenvalue weighted by Crippen LogP contribution is -2.45. The summed E-state index contributed by atoms with van der Waals surface area (Å²) in [5, 5.41) is 20.4. The molecule has 0 aliphatic heterocycles. The third-order valence-corrected chi connectivity index (χ3v) is 3.54. The average Bonchev–Trinajstić information content (AvgIpc) is 2.95. The second-order valence-corrected chi connectivity index (χ2v) is 5.18. The van der Waals surface area contributed by atoms with E-state index in [1.807, 2.05) is 16.9 Å². The maximum Gasteiger partial charge on any atom is 0.191 e. The van der Waals surface area contributed by atoms with Crippen LogP contribution in [0.15, 0.2) is 23.5 Å². The van der Waals surface area contributed by atoms with E-state index >= 15 is 0 Å². The monoisotopic (exact) mass is 279 g/mol. The average molecular weight is 279 g/mol. The van der Waals surface area contributed by atoms with Crippen molar-refractivity contribution in [3.05, 3.63) is 18.5 Å². The van der Waals surface area contributed by atoms with Crippen molar-refractivity contribution in [3.8, 4) is 0 Å². The zero-order valence-corrected chi connectivity index (χ0v) is 12.1. The number of nitrogens with one attached hydrogen (secondary N) is 2. The summed E-state index contributed by atoms with van der Waals surface area (Å²) in [6.45, 7) is 4.40. The van der Waals surface area contributed by atoms with Crippen molar-refractivity contribution >= 4 is 5.96 Å². The Hall–Kier alpha value is -1.56. The smallest absolute Gasteiger partial charge is 0.191 e. The van der Waals surface area contributed by atoms with Crippen molar-refractivity contribution < 1.29 is 5.11 Å². The first kappa shape index (κ1) is 14.8. The highest BCUT2D eigenvalue weighted by Gasteiger charge is 2.19. The first-order chi connectivity index (χ1) is 9.78. The Morgan fingerprint density at radius 1 is 1.40 bits per heavy atom. The van der Waals surface area contributed by atoms with E-state index in [-0.39, 0.29) is 6.10 Å². The van der Waals surface area contributed by atoms with E-state index < -0.39 is 0 Å². The van der Waals surface area contributed by atoms with Gasteiger partial charge in [0.25, 0.3) is 0 Å². The molecule has 1 heterocycles. The van der Waals surface area contributed by atoms with Gasteiger partial charge in [0.05, 0.1) is 19.2 Å². The van der Waals surface area contributed by atoms with E-state index in [2.05, 4.69) is 27.6 Å². The maximum atomic E-state index is 9.53. The lowest BCUT2D eigenvalue weighted by molar-refractivity contribution is 0.120. The van der Waals surface area contributed by atoms with Crippen LogP contribution in [-0.2, 0) is 6.54 Å². The van der Waals surface area contributed by atoms with Crippen LogP contribution in [0.3, 0.4) is 0 Å². The summed E-state index contributed by atoms with van der Waals surface area (Å²) in [7, 11) is 0. The van der Waals surface area contributed by atoms with Crippen LogP contribution in [0.2, 0.25) is 0 Å². The van der Waals surface area contributed by atoms with Crippen molar-refractivity contribution in [1.29, 1.82) is 0 Å². The van der Waals surface area contributed by atoms with Gasteiger partial charge in [0.1, 0.15) is 0 Å². The zero-order valence-electron chi connectivity index (χ0n) is 12.1. The molecule has 0 bridgehead atoms. The van der Waals surface area contributed by atoms with Crippen LogP contribution < -0.4 is 10.6 Å². The van der Waals surface area contributed by atoms with Crippen molar-refractivity contribution in [2.45, 2.75) is 51.3 Å². The highest BCUT2D eigenvalue weighted by Crippen LogP contribution is 2.18. The number of aromatic nitrogens is 2. The molecule has 1 saturated carbocycles. The van der Waals surface area contributed by atoms with Crippen molar-refractivity contribution in [2.24, 2.45) is 4.99 Å². The number of hydrogen-bond acceptors (Lipinski definition) is 3. The quantitative estimate of drug-likeness (QED) is 0.549. The topological polar surface area (TPSA) is 74.5 Å². The first-order valence-electron chi connectivity index (χ1n) is 7.48. The molecule has 0 unspecified atom stereocenters. The van der Waals surface area contributed by atoms with Crippen molar-refractivity contribution in [3.63, 3.8) is 0 Å². The predicted octanol–water partition coefficient (Wildman–Crippen LogP) is 0.742. The van der Waals surface area contributed by atoms with E-state index in [1.165, 1.54) is 0 Å². The van der Waals surface area contributed by atoms with Gasteiger partial charge in [0, 0.05) is 25.0 Å². The highest BCUT2D eigenvalue weighted by molar-refractivity contribution is 5.80. The minimum atomic E-state index is -0.118. The van der Waals surface area contributed by atoms with Crippen LogP contribution in [0.25, 0.3) is 0 Å². The van der Waals surface area contributed by atoms with Crippen LogP contribution in [0.5, 0.6) is 0 Å². The molecule has 0 aromatic carbocycles. The lowest BCUT2D eigenvalue weighted by Gasteiger charge is -2.27. The normalized spacial score (nSPS) is 23.6. The third kappa shape index (κ3) is 4.85. The molecule has 0 saturated heterocycles. The number of rotatable bonds is 5. The fourth-order valence-electron chi connectivity index (χ4n) is 2.43. The maximum absolute atomic E-state index is 9.53. The van der Waals surface area contributed by atoms with Crippen LogP contribution in [0.1, 0.15) is 32.6 Å². The van der Waals surface area contributed by atoms with Gasteiger partial charge in [-0.25, -0.2) is 0 Å². The van der Waals surface area contributed by atoms with Crippen LogP contribution in [0.4, 0.5) is 0 Å². The molecule has 0 radical (unpaired) electrons. The second kappa shape index (κ2) is 7.89. The molecule has 0 spiro atoms. The molecule has 1 aliphatic rings. The molecule has 6 nitrogen and oxygen atoms in total.